The van der Waals surface area contributed by atoms with E-state index in [4.69, 9.17) is 4.74 Å². The molecule has 0 unspecified atom stereocenters. The van der Waals surface area contributed by atoms with Crippen molar-refractivity contribution in [1.82, 2.24) is 15.2 Å². The molecule has 0 spiro atoms. The van der Waals surface area contributed by atoms with Gasteiger partial charge in [0.15, 0.2) is 0 Å². The number of rotatable bonds is 5. The predicted molar refractivity (Wildman–Crippen MR) is 94.5 cm³/mol. The van der Waals surface area contributed by atoms with Crippen LogP contribution >= 0.6 is 0 Å². The first-order valence-electron chi connectivity index (χ1n) is 9.10. The smallest absolute Gasteiger partial charge is 0.269 e. The van der Waals surface area contributed by atoms with Crippen molar-refractivity contribution in [2.45, 2.75) is 32.2 Å². The lowest BCUT2D eigenvalue weighted by atomic mass is 10.0. The molecule has 3 heterocycles. The number of piperidine rings is 1. The molecule has 6 heteroatoms. The molecule has 0 aliphatic carbocycles. The number of nitrogens with zero attached hydrogens (tertiary/aromatic N) is 3. The highest BCUT2D eigenvalue weighted by atomic mass is 16.5. The largest absolute Gasteiger partial charge is 0.379 e. The Morgan fingerprint density at radius 3 is 2.71 bits per heavy atom. The molecule has 2 aliphatic heterocycles. The molecule has 0 bridgehead atoms. The molecule has 1 amide bonds. The Bertz CT molecular complexity index is 538. The van der Waals surface area contributed by atoms with E-state index >= 15 is 0 Å². The number of hydrogen-bond donors (Lipinski definition) is 1. The molecule has 2 aliphatic rings. The van der Waals surface area contributed by atoms with E-state index in [-0.39, 0.29) is 5.91 Å². The molecule has 1 aromatic rings. The summed E-state index contributed by atoms with van der Waals surface area (Å²) in [4.78, 5) is 21.5. The molecule has 24 heavy (non-hydrogen) atoms. The van der Waals surface area contributed by atoms with Gasteiger partial charge in [0, 0.05) is 38.8 Å². The van der Waals surface area contributed by atoms with Crippen molar-refractivity contribution in [2.75, 3.05) is 50.8 Å². The van der Waals surface area contributed by atoms with Crippen LogP contribution in [0, 0.1) is 0 Å². The van der Waals surface area contributed by atoms with Gasteiger partial charge in [0.25, 0.3) is 5.91 Å². The van der Waals surface area contributed by atoms with Crippen LogP contribution in [0.25, 0.3) is 0 Å². The monoisotopic (exact) mass is 332 g/mol. The van der Waals surface area contributed by atoms with Crippen molar-refractivity contribution in [3.63, 3.8) is 0 Å². The summed E-state index contributed by atoms with van der Waals surface area (Å²) < 4.78 is 5.44. The second-order valence-corrected chi connectivity index (χ2v) is 6.50. The minimum Gasteiger partial charge on any atom is -0.379 e. The van der Waals surface area contributed by atoms with Gasteiger partial charge >= 0.3 is 0 Å². The normalized spacial score (nSPS) is 20.1. The van der Waals surface area contributed by atoms with E-state index in [0.717, 1.165) is 64.5 Å². The summed E-state index contributed by atoms with van der Waals surface area (Å²) in [5.41, 5.74) is 0.510. The predicted octanol–water partition coefficient (Wildman–Crippen LogP) is 1.52. The Morgan fingerprint density at radius 2 is 2.00 bits per heavy atom. The highest BCUT2D eigenvalue weighted by Gasteiger charge is 2.26. The molecular weight excluding hydrogens is 304 g/mol. The fraction of sp³-hybridized carbons (Fsp3) is 0.667. The van der Waals surface area contributed by atoms with Crippen LogP contribution in [0.2, 0.25) is 0 Å². The van der Waals surface area contributed by atoms with Crippen molar-refractivity contribution in [3.05, 3.63) is 23.9 Å². The third-order valence-corrected chi connectivity index (χ3v) is 4.85. The summed E-state index contributed by atoms with van der Waals surface area (Å²) in [5, 5.41) is 2.89. The van der Waals surface area contributed by atoms with E-state index < -0.39 is 0 Å². The number of anilines is 1. The van der Waals surface area contributed by atoms with Crippen molar-refractivity contribution in [1.29, 1.82) is 0 Å². The van der Waals surface area contributed by atoms with Gasteiger partial charge < -0.3 is 15.0 Å². The lowest BCUT2D eigenvalue weighted by molar-refractivity contribution is 0.0115. The highest BCUT2D eigenvalue weighted by molar-refractivity contribution is 5.92. The second kappa shape index (κ2) is 8.44. The number of carbonyl (C=O) groups excluding carboxylic acids is 1. The maximum Gasteiger partial charge on any atom is 0.269 e. The van der Waals surface area contributed by atoms with Crippen LogP contribution in [0.5, 0.6) is 0 Å². The topological polar surface area (TPSA) is 57.7 Å². The number of pyridine rings is 1. The molecule has 0 saturated carbocycles. The average Bonchev–Trinajstić information content (AvgIpc) is 2.67. The molecular formula is C18H28N4O2. The zero-order chi connectivity index (χ0) is 16.8. The fourth-order valence-electron chi connectivity index (χ4n) is 3.46. The van der Waals surface area contributed by atoms with Gasteiger partial charge in [-0.25, -0.2) is 4.98 Å². The van der Waals surface area contributed by atoms with Crippen LogP contribution in [-0.4, -0.2) is 67.8 Å². The summed E-state index contributed by atoms with van der Waals surface area (Å²) in [6.07, 6.45) is 3.22. The number of carbonyl (C=O) groups is 1. The Labute approximate surface area is 144 Å². The Morgan fingerprint density at radius 1 is 1.25 bits per heavy atom. The number of aromatic nitrogens is 1. The van der Waals surface area contributed by atoms with Crippen LogP contribution in [-0.2, 0) is 4.74 Å². The van der Waals surface area contributed by atoms with E-state index in [1.807, 2.05) is 19.1 Å². The summed E-state index contributed by atoms with van der Waals surface area (Å²) in [7, 11) is 0. The van der Waals surface area contributed by atoms with Crippen LogP contribution in [0.15, 0.2) is 18.2 Å². The van der Waals surface area contributed by atoms with E-state index in [1.54, 1.807) is 6.07 Å². The fourth-order valence-corrected chi connectivity index (χ4v) is 3.46. The third kappa shape index (κ3) is 4.24. The molecule has 0 aromatic carbocycles. The number of nitrogens with one attached hydrogen (secondary N) is 1. The minimum absolute atomic E-state index is 0.0816. The molecule has 3 rings (SSSR count). The zero-order valence-electron chi connectivity index (χ0n) is 14.5. The van der Waals surface area contributed by atoms with Gasteiger partial charge in [-0.1, -0.05) is 13.0 Å². The molecule has 132 valence electrons. The van der Waals surface area contributed by atoms with E-state index in [9.17, 15) is 4.79 Å². The maximum atomic E-state index is 12.1. The number of amides is 1. The summed E-state index contributed by atoms with van der Waals surface area (Å²) in [5.74, 6) is 0.835. The Balaban J connectivity index is 1.56. The van der Waals surface area contributed by atoms with Crippen LogP contribution in [0.1, 0.15) is 36.7 Å². The van der Waals surface area contributed by atoms with Gasteiger partial charge in [-0.15, -0.1) is 0 Å². The van der Waals surface area contributed by atoms with E-state index in [2.05, 4.69) is 20.1 Å². The average molecular weight is 332 g/mol. The summed E-state index contributed by atoms with van der Waals surface area (Å²) in [6, 6.07) is 6.37. The van der Waals surface area contributed by atoms with Crippen molar-refractivity contribution >= 4 is 11.7 Å². The first-order chi connectivity index (χ1) is 11.8. The lowest BCUT2D eigenvalue weighted by Crippen LogP contribution is -2.49. The molecule has 2 saturated heterocycles. The summed E-state index contributed by atoms with van der Waals surface area (Å²) >= 11 is 0. The van der Waals surface area contributed by atoms with Crippen molar-refractivity contribution in [3.8, 4) is 0 Å². The summed E-state index contributed by atoms with van der Waals surface area (Å²) in [6.45, 7) is 8.54. The number of hydrogen-bond acceptors (Lipinski definition) is 5. The third-order valence-electron chi connectivity index (χ3n) is 4.85. The van der Waals surface area contributed by atoms with Gasteiger partial charge in [-0.3, -0.25) is 9.69 Å². The Hall–Kier alpha value is -1.66. The quantitative estimate of drug-likeness (QED) is 0.886. The molecule has 6 nitrogen and oxygen atoms in total. The zero-order valence-corrected chi connectivity index (χ0v) is 14.5. The minimum atomic E-state index is -0.0816. The standard InChI is InChI=1S/C18H28N4O2/c1-2-8-19-18(23)16-4-3-5-17(20-16)22-9-6-15(7-10-22)21-11-13-24-14-12-21/h3-5,15H,2,6-14H2,1H3,(H,19,23). The molecule has 0 radical (unpaired) electrons. The molecule has 2 fully saturated rings. The first-order valence-corrected chi connectivity index (χ1v) is 9.10. The van der Waals surface area contributed by atoms with Crippen LogP contribution in [0.3, 0.4) is 0 Å². The van der Waals surface area contributed by atoms with Crippen LogP contribution in [0.4, 0.5) is 5.82 Å². The lowest BCUT2D eigenvalue weighted by Gasteiger charge is -2.40. The van der Waals surface area contributed by atoms with Gasteiger partial charge in [-0.2, -0.15) is 0 Å². The Kier molecular flexibility index (Phi) is 6.04. The number of ether oxygens (including phenoxy) is 1. The van der Waals surface area contributed by atoms with Crippen LogP contribution < -0.4 is 10.2 Å². The van der Waals surface area contributed by atoms with Gasteiger partial charge in [0.2, 0.25) is 0 Å². The van der Waals surface area contributed by atoms with Gasteiger partial charge in [0.1, 0.15) is 11.5 Å². The van der Waals surface area contributed by atoms with E-state index in [0.29, 0.717) is 18.3 Å². The van der Waals surface area contributed by atoms with Crippen molar-refractivity contribution in [2.24, 2.45) is 0 Å². The van der Waals surface area contributed by atoms with Gasteiger partial charge in [0.05, 0.1) is 13.2 Å². The number of morpholine rings is 1. The molecule has 1 aromatic heterocycles. The highest BCUT2D eigenvalue weighted by Crippen LogP contribution is 2.22. The SMILES string of the molecule is CCCNC(=O)c1cccc(N2CCC(N3CCOCC3)CC2)n1. The van der Waals surface area contributed by atoms with Gasteiger partial charge in [-0.05, 0) is 31.4 Å². The molecule has 1 N–H and O–H groups in total. The first kappa shape index (κ1) is 17.2. The van der Waals surface area contributed by atoms with Crippen molar-refractivity contribution < 1.29 is 9.53 Å². The molecule has 0 atom stereocenters. The maximum absolute atomic E-state index is 12.1. The van der Waals surface area contributed by atoms with E-state index in [1.165, 1.54) is 0 Å². The second-order valence-electron chi connectivity index (χ2n) is 6.50.